The summed E-state index contributed by atoms with van der Waals surface area (Å²) in [5.74, 6) is -0.0387. The van der Waals surface area contributed by atoms with Crippen LogP contribution in [0.25, 0.3) is 10.7 Å². The van der Waals surface area contributed by atoms with E-state index < -0.39 is 0 Å². The highest BCUT2D eigenvalue weighted by Crippen LogP contribution is 2.19. The van der Waals surface area contributed by atoms with Crippen molar-refractivity contribution in [1.82, 2.24) is 25.5 Å². The molecule has 0 unspecified atom stereocenters. The second kappa shape index (κ2) is 7.01. The fraction of sp³-hybridized carbons (Fsp3) is 0.133. The molecule has 0 fully saturated rings. The number of nitrogens with zero attached hydrogens (tertiary/aromatic N) is 4. The molecule has 3 aromatic rings. The third kappa shape index (κ3) is 3.63. The first-order chi connectivity index (χ1) is 11.7. The summed E-state index contributed by atoms with van der Waals surface area (Å²) < 4.78 is 0. The molecular formula is C15H14N6O2S. The molecule has 2 aromatic heterocycles. The first-order valence-corrected chi connectivity index (χ1v) is 7.97. The van der Waals surface area contributed by atoms with Crippen molar-refractivity contribution < 1.29 is 9.59 Å². The molecule has 2 N–H and O–H groups in total. The molecule has 0 saturated carbocycles. The second-order valence-corrected chi connectivity index (χ2v) is 5.78. The Bertz CT molecular complexity index is 858. The average Bonchev–Trinajstić information content (AvgIpc) is 3.25. The number of tetrazole rings is 1. The van der Waals surface area contributed by atoms with Gasteiger partial charge in [0.05, 0.1) is 4.88 Å². The summed E-state index contributed by atoms with van der Waals surface area (Å²) in [5, 5.41) is 19.1. The lowest BCUT2D eigenvalue weighted by molar-refractivity contribution is -0.117. The van der Waals surface area contributed by atoms with Crippen molar-refractivity contribution in [2.75, 3.05) is 12.4 Å². The first-order valence-electron chi connectivity index (χ1n) is 7.09. The summed E-state index contributed by atoms with van der Waals surface area (Å²) in [6.07, 6.45) is 0. The van der Waals surface area contributed by atoms with E-state index in [0.29, 0.717) is 17.1 Å². The van der Waals surface area contributed by atoms with Crippen LogP contribution in [0.15, 0.2) is 41.8 Å². The summed E-state index contributed by atoms with van der Waals surface area (Å²) in [5.41, 5.74) is 0.994. The summed E-state index contributed by atoms with van der Waals surface area (Å²) in [7, 11) is 1.55. The Labute approximate surface area is 141 Å². The zero-order valence-corrected chi connectivity index (χ0v) is 13.6. The van der Waals surface area contributed by atoms with Crippen LogP contribution in [0.2, 0.25) is 0 Å². The molecule has 0 atom stereocenters. The summed E-state index contributed by atoms with van der Waals surface area (Å²) in [6, 6.07) is 10.4. The van der Waals surface area contributed by atoms with Gasteiger partial charge in [0, 0.05) is 18.3 Å². The number of nitrogens with one attached hydrogen (secondary N) is 2. The van der Waals surface area contributed by atoms with Gasteiger partial charge in [-0.2, -0.15) is 4.80 Å². The lowest BCUT2D eigenvalue weighted by Crippen LogP contribution is -2.21. The van der Waals surface area contributed by atoms with Crippen molar-refractivity contribution in [2.45, 2.75) is 6.54 Å². The minimum absolute atomic E-state index is 0.0669. The zero-order valence-electron chi connectivity index (χ0n) is 12.8. The fourth-order valence-electron chi connectivity index (χ4n) is 2.03. The number of amides is 2. The molecule has 24 heavy (non-hydrogen) atoms. The number of thiophene rings is 1. The van der Waals surface area contributed by atoms with Crippen LogP contribution in [0.4, 0.5) is 5.69 Å². The molecule has 8 nitrogen and oxygen atoms in total. The van der Waals surface area contributed by atoms with E-state index in [1.54, 1.807) is 31.3 Å². The van der Waals surface area contributed by atoms with E-state index in [1.165, 1.54) is 16.1 Å². The maximum Gasteiger partial charge on any atom is 0.251 e. The van der Waals surface area contributed by atoms with Gasteiger partial charge in [0.2, 0.25) is 11.7 Å². The third-order valence-corrected chi connectivity index (χ3v) is 3.98. The summed E-state index contributed by atoms with van der Waals surface area (Å²) in [4.78, 5) is 25.8. The van der Waals surface area contributed by atoms with Gasteiger partial charge in [0.1, 0.15) is 6.54 Å². The summed E-state index contributed by atoms with van der Waals surface area (Å²) >= 11 is 1.50. The van der Waals surface area contributed by atoms with Crippen LogP contribution in [0.3, 0.4) is 0 Å². The van der Waals surface area contributed by atoms with Gasteiger partial charge in [-0.15, -0.1) is 21.5 Å². The van der Waals surface area contributed by atoms with Crippen molar-refractivity contribution in [3.63, 3.8) is 0 Å². The Kier molecular flexibility index (Phi) is 4.62. The van der Waals surface area contributed by atoms with Crippen LogP contribution in [-0.2, 0) is 11.3 Å². The number of carbonyl (C=O) groups excluding carboxylic acids is 2. The van der Waals surface area contributed by atoms with Gasteiger partial charge >= 0.3 is 0 Å². The molecular weight excluding hydrogens is 328 g/mol. The summed E-state index contributed by atoms with van der Waals surface area (Å²) in [6.45, 7) is -0.0669. The number of aromatic nitrogens is 4. The van der Waals surface area contributed by atoms with Gasteiger partial charge in [0.25, 0.3) is 5.91 Å². The standard InChI is InChI=1S/C15H14N6O2S/c1-16-15(23)10-4-2-5-11(8-10)17-13(22)9-21-19-14(18-20-21)12-6-3-7-24-12/h2-8H,9H2,1H3,(H,16,23)(H,17,22). The molecule has 0 aliphatic heterocycles. The fourth-order valence-corrected chi connectivity index (χ4v) is 2.67. The smallest absolute Gasteiger partial charge is 0.251 e. The average molecular weight is 342 g/mol. The number of carbonyl (C=O) groups is 2. The van der Waals surface area contributed by atoms with Crippen LogP contribution in [0, 0.1) is 0 Å². The largest absolute Gasteiger partial charge is 0.355 e. The molecule has 1 aromatic carbocycles. The van der Waals surface area contributed by atoms with E-state index in [1.807, 2.05) is 17.5 Å². The van der Waals surface area contributed by atoms with Crippen LogP contribution in [0.5, 0.6) is 0 Å². The molecule has 0 radical (unpaired) electrons. The van der Waals surface area contributed by atoms with E-state index in [0.717, 1.165) is 4.88 Å². The molecule has 122 valence electrons. The minimum atomic E-state index is -0.306. The van der Waals surface area contributed by atoms with E-state index in [4.69, 9.17) is 0 Å². The van der Waals surface area contributed by atoms with Gasteiger partial charge in [0.15, 0.2) is 0 Å². The molecule has 0 bridgehead atoms. The van der Waals surface area contributed by atoms with Crippen LogP contribution in [-0.4, -0.2) is 39.1 Å². The second-order valence-electron chi connectivity index (χ2n) is 4.83. The number of anilines is 1. The first kappa shape index (κ1) is 15.8. The maximum absolute atomic E-state index is 12.1. The molecule has 9 heteroatoms. The monoisotopic (exact) mass is 342 g/mol. The van der Waals surface area contributed by atoms with E-state index in [9.17, 15) is 9.59 Å². The molecule has 0 spiro atoms. The predicted molar refractivity (Wildman–Crippen MR) is 89.6 cm³/mol. The highest BCUT2D eigenvalue weighted by atomic mass is 32.1. The Hall–Kier alpha value is -3.07. The Morgan fingerprint density at radius 3 is 2.88 bits per heavy atom. The normalized spacial score (nSPS) is 10.4. The van der Waals surface area contributed by atoms with Crippen molar-refractivity contribution >= 4 is 28.8 Å². The Morgan fingerprint density at radius 1 is 1.25 bits per heavy atom. The minimum Gasteiger partial charge on any atom is -0.355 e. The van der Waals surface area contributed by atoms with Crippen molar-refractivity contribution in [2.24, 2.45) is 0 Å². The SMILES string of the molecule is CNC(=O)c1cccc(NC(=O)Cn2nnc(-c3cccs3)n2)c1. The number of hydrogen-bond acceptors (Lipinski definition) is 6. The third-order valence-electron chi connectivity index (χ3n) is 3.12. The van der Waals surface area contributed by atoms with Crippen molar-refractivity contribution in [1.29, 1.82) is 0 Å². The predicted octanol–water partition coefficient (Wildman–Crippen LogP) is 1.40. The number of hydrogen-bond donors (Lipinski definition) is 2. The van der Waals surface area contributed by atoms with Gasteiger partial charge in [-0.3, -0.25) is 9.59 Å². The molecule has 0 saturated heterocycles. The zero-order chi connectivity index (χ0) is 16.9. The van der Waals surface area contributed by atoms with Crippen LogP contribution < -0.4 is 10.6 Å². The Morgan fingerprint density at radius 2 is 2.12 bits per heavy atom. The number of rotatable bonds is 5. The highest BCUT2D eigenvalue weighted by molar-refractivity contribution is 7.13. The highest BCUT2D eigenvalue weighted by Gasteiger charge is 2.11. The van der Waals surface area contributed by atoms with Crippen LogP contribution in [0.1, 0.15) is 10.4 Å². The quantitative estimate of drug-likeness (QED) is 0.730. The van der Waals surface area contributed by atoms with Gasteiger partial charge in [-0.05, 0) is 34.9 Å². The van der Waals surface area contributed by atoms with Crippen molar-refractivity contribution in [3.05, 3.63) is 47.3 Å². The van der Waals surface area contributed by atoms with Gasteiger partial charge in [-0.25, -0.2) is 0 Å². The van der Waals surface area contributed by atoms with E-state index in [-0.39, 0.29) is 18.4 Å². The lowest BCUT2D eigenvalue weighted by Gasteiger charge is -2.06. The van der Waals surface area contributed by atoms with E-state index >= 15 is 0 Å². The van der Waals surface area contributed by atoms with Crippen molar-refractivity contribution in [3.8, 4) is 10.7 Å². The van der Waals surface area contributed by atoms with Crippen LogP contribution >= 0.6 is 11.3 Å². The molecule has 2 heterocycles. The Balaban J connectivity index is 1.65. The number of benzene rings is 1. The van der Waals surface area contributed by atoms with Gasteiger partial charge in [-0.1, -0.05) is 12.1 Å². The lowest BCUT2D eigenvalue weighted by atomic mass is 10.2. The molecule has 2 amide bonds. The topological polar surface area (TPSA) is 102 Å². The molecule has 0 aliphatic rings. The van der Waals surface area contributed by atoms with Gasteiger partial charge < -0.3 is 10.6 Å². The maximum atomic E-state index is 12.1. The van der Waals surface area contributed by atoms with E-state index in [2.05, 4.69) is 26.0 Å². The molecule has 3 rings (SSSR count). The molecule has 0 aliphatic carbocycles.